The maximum atomic E-state index is 13.1. The van der Waals surface area contributed by atoms with E-state index < -0.39 is 6.43 Å². The van der Waals surface area contributed by atoms with Crippen LogP contribution in [0.1, 0.15) is 43.5 Å². The van der Waals surface area contributed by atoms with Gasteiger partial charge in [0.2, 0.25) is 5.95 Å². The first kappa shape index (κ1) is 14.9. The van der Waals surface area contributed by atoms with Gasteiger partial charge in [0.1, 0.15) is 5.69 Å². The number of hydrogen-bond donors (Lipinski definition) is 1. The molecule has 118 valence electrons. The van der Waals surface area contributed by atoms with Gasteiger partial charge < -0.3 is 5.32 Å². The Bertz CT molecular complexity index is 662. The maximum absolute atomic E-state index is 13.1. The molecule has 0 atom stereocenters. The van der Waals surface area contributed by atoms with E-state index in [1.807, 2.05) is 6.92 Å². The van der Waals surface area contributed by atoms with Crippen LogP contribution >= 0.6 is 0 Å². The fourth-order valence-corrected chi connectivity index (χ4v) is 2.88. The van der Waals surface area contributed by atoms with Crippen LogP contribution in [0.15, 0.2) is 12.3 Å². The molecule has 0 saturated heterocycles. The van der Waals surface area contributed by atoms with E-state index in [9.17, 15) is 8.78 Å². The summed E-state index contributed by atoms with van der Waals surface area (Å²) in [4.78, 5) is 8.37. The molecule has 1 aliphatic carbocycles. The van der Waals surface area contributed by atoms with Crippen LogP contribution in [0.2, 0.25) is 0 Å². The highest BCUT2D eigenvalue weighted by atomic mass is 19.3. The second-order valence-corrected chi connectivity index (χ2v) is 5.73. The lowest BCUT2D eigenvalue weighted by Gasteiger charge is -2.13. The van der Waals surface area contributed by atoms with E-state index in [0.717, 1.165) is 36.9 Å². The van der Waals surface area contributed by atoms with Gasteiger partial charge in [-0.2, -0.15) is 5.10 Å². The third kappa shape index (κ3) is 3.08. The van der Waals surface area contributed by atoms with Gasteiger partial charge >= 0.3 is 0 Å². The summed E-state index contributed by atoms with van der Waals surface area (Å²) in [6.07, 6.45) is 3.53. The minimum absolute atomic E-state index is 0.256. The minimum Gasteiger partial charge on any atom is -0.351 e. The maximum Gasteiger partial charge on any atom is 0.280 e. The largest absolute Gasteiger partial charge is 0.351 e. The van der Waals surface area contributed by atoms with Gasteiger partial charge in [-0.1, -0.05) is 12.8 Å². The van der Waals surface area contributed by atoms with Gasteiger partial charge in [-0.25, -0.2) is 18.7 Å². The van der Waals surface area contributed by atoms with Gasteiger partial charge in [0.05, 0.1) is 11.4 Å². The molecule has 0 spiro atoms. The normalized spacial score (nSPS) is 15.7. The summed E-state index contributed by atoms with van der Waals surface area (Å²) in [5.41, 5.74) is 1.74. The molecule has 2 heterocycles. The Balaban J connectivity index is 1.98. The summed E-state index contributed by atoms with van der Waals surface area (Å²) < 4.78 is 27.9. The van der Waals surface area contributed by atoms with Crippen molar-refractivity contribution in [3.8, 4) is 11.3 Å². The van der Waals surface area contributed by atoms with Crippen LogP contribution in [0.5, 0.6) is 0 Å². The van der Waals surface area contributed by atoms with Crippen molar-refractivity contribution in [1.29, 1.82) is 0 Å². The van der Waals surface area contributed by atoms with Crippen LogP contribution in [0.3, 0.4) is 0 Å². The lowest BCUT2D eigenvalue weighted by Crippen LogP contribution is -2.17. The Kier molecular flexibility index (Phi) is 4.04. The second kappa shape index (κ2) is 5.98. The van der Waals surface area contributed by atoms with Gasteiger partial charge in [-0.3, -0.25) is 4.68 Å². The number of hydrogen-bond acceptors (Lipinski definition) is 4. The number of anilines is 1. The van der Waals surface area contributed by atoms with Crippen molar-refractivity contribution in [3.05, 3.63) is 23.7 Å². The molecule has 3 rings (SSSR count). The summed E-state index contributed by atoms with van der Waals surface area (Å²) in [7, 11) is 1.80. The first-order chi connectivity index (χ1) is 10.5. The number of nitrogens with one attached hydrogen (secondary N) is 1. The zero-order valence-corrected chi connectivity index (χ0v) is 12.7. The van der Waals surface area contributed by atoms with E-state index in [1.54, 1.807) is 17.9 Å². The quantitative estimate of drug-likeness (QED) is 0.939. The van der Waals surface area contributed by atoms with Gasteiger partial charge in [0.25, 0.3) is 6.43 Å². The fourth-order valence-electron chi connectivity index (χ4n) is 2.88. The summed E-state index contributed by atoms with van der Waals surface area (Å²) in [5.74, 6) is 0.281. The molecule has 0 aromatic carbocycles. The average Bonchev–Trinajstić information content (AvgIpc) is 3.08. The SMILES string of the molecule is Cc1nn(C)cc1-c1cc(C(F)F)nc(NC2CCCC2)n1. The van der Waals surface area contributed by atoms with E-state index in [1.165, 1.54) is 6.07 Å². The minimum atomic E-state index is -2.62. The average molecular weight is 307 g/mol. The molecule has 0 unspecified atom stereocenters. The van der Waals surface area contributed by atoms with Gasteiger partial charge in [-0.05, 0) is 25.8 Å². The molecule has 0 radical (unpaired) electrons. The summed E-state index contributed by atoms with van der Waals surface area (Å²) >= 11 is 0. The Morgan fingerprint density at radius 3 is 2.59 bits per heavy atom. The lowest BCUT2D eigenvalue weighted by atomic mass is 10.1. The predicted octanol–water partition coefficient (Wildman–Crippen LogP) is 3.48. The van der Waals surface area contributed by atoms with Crippen LogP contribution in [-0.2, 0) is 7.05 Å². The topological polar surface area (TPSA) is 55.6 Å². The Morgan fingerprint density at radius 1 is 1.27 bits per heavy atom. The van der Waals surface area contributed by atoms with E-state index in [-0.39, 0.29) is 17.7 Å². The van der Waals surface area contributed by atoms with Gasteiger partial charge in [0, 0.05) is 24.8 Å². The highest BCUT2D eigenvalue weighted by molar-refractivity contribution is 5.62. The number of rotatable bonds is 4. The summed E-state index contributed by atoms with van der Waals surface area (Å²) in [5, 5.41) is 7.43. The number of nitrogens with zero attached hydrogens (tertiary/aromatic N) is 4. The van der Waals surface area contributed by atoms with Crippen molar-refractivity contribution in [3.63, 3.8) is 0 Å². The molecule has 2 aromatic heterocycles. The predicted molar refractivity (Wildman–Crippen MR) is 79.8 cm³/mol. The summed E-state index contributed by atoms with van der Waals surface area (Å²) in [6.45, 7) is 1.84. The van der Waals surface area contributed by atoms with Gasteiger partial charge in [-0.15, -0.1) is 0 Å². The van der Waals surface area contributed by atoms with E-state index in [0.29, 0.717) is 5.69 Å². The second-order valence-electron chi connectivity index (χ2n) is 5.73. The first-order valence-corrected chi connectivity index (χ1v) is 7.47. The summed E-state index contributed by atoms with van der Waals surface area (Å²) in [6, 6.07) is 1.62. The molecule has 7 heteroatoms. The third-order valence-electron chi connectivity index (χ3n) is 3.95. The van der Waals surface area contributed by atoms with Crippen LogP contribution in [-0.4, -0.2) is 25.8 Å². The van der Waals surface area contributed by atoms with E-state index in [4.69, 9.17) is 0 Å². The fraction of sp³-hybridized carbons (Fsp3) is 0.533. The molecule has 0 bridgehead atoms. The standard InChI is InChI=1S/C15H19F2N5/c1-9-11(8-22(2)21-9)12-7-13(14(16)17)20-15(19-12)18-10-5-3-4-6-10/h7-8,10,14H,3-6H2,1-2H3,(H,18,19,20). The molecule has 2 aromatic rings. The smallest absolute Gasteiger partial charge is 0.280 e. The van der Waals surface area contributed by atoms with Crippen molar-refractivity contribution < 1.29 is 8.78 Å². The van der Waals surface area contributed by atoms with E-state index in [2.05, 4.69) is 20.4 Å². The van der Waals surface area contributed by atoms with Gasteiger partial charge in [0.15, 0.2) is 0 Å². The van der Waals surface area contributed by atoms with Crippen molar-refractivity contribution in [2.45, 2.75) is 45.1 Å². The monoisotopic (exact) mass is 307 g/mol. The van der Waals surface area contributed by atoms with Crippen LogP contribution < -0.4 is 5.32 Å². The van der Waals surface area contributed by atoms with Crippen molar-refractivity contribution in [1.82, 2.24) is 19.7 Å². The van der Waals surface area contributed by atoms with Crippen molar-refractivity contribution in [2.24, 2.45) is 7.05 Å². The van der Waals surface area contributed by atoms with Crippen molar-refractivity contribution in [2.75, 3.05) is 5.32 Å². The zero-order valence-electron chi connectivity index (χ0n) is 12.7. The molecular formula is C15H19F2N5. The van der Waals surface area contributed by atoms with Crippen molar-refractivity contribution >= 4 is 5.95 Å². The number of halogens is 2. The molecule has 1 fully saturated rings. The number of alkyl halides is 2. The highest BCUT2D eigenvalue weighted by Gasteiger charge is 2.20. The molecular weight excluding hydrogens is 288 g/mol. The molecule has 0 amide bonds. The Morgan fingerprint density at radius 2 is 2.00 bits per heavy atom. The Hall–Kier alpha value is -2.05. The van der Waals surface area contributed by atoms with Crippen LogP contribution in [0.4, 0.5) is 14.7 Å². The van der Waals surface area contributed by atoms with Crippen LogP contribution in [0, 0.1) is 6.92 Å². The molecule has 22 heavy (non-hydrogen) atoms. The lowest BCUT2D eigenvalue weighted by molar-refractivity contribution is 0.146. The molecule has 5 nitrogen and oxygen atoms in total. The van der Waals surface area contributed by atoms with Crippen LogP contribution in [0.25, 0.3) is 11.3 Å². The Labute approximate surface area is 127 Å². The highest BCUT2D eigenvalue weighted by Crippen LogP contribution is 2.27. The molecule has 1 aliphatic rings. The zero-order chi connectivity index (χ0) is 15.7. The van der Waals surface area contributed by atoms with E-state index >= 15 is 0 Å². The third-order valence-corrected chi connectivity index (χ3v) is 3.95. The molecule has 1 N–H and O–H groups in total. The molecule has 1 saturated carbocycles. The first-order valence-electron chi connectivity index (χ1n) is 7.47. The molecule has 0 aliphatic heterocycles. The number of aryl methyl sites for hydroxylation is 2. The number of aromatic nitrogens is 4.